The zero-order valence-corrected chi connectivity index (χ0v) is 11.0. The van der Waals surface area contributed by atoms with Crippen molar-refractivity contribution in [1.82, 2.24) is 0 Å². The van der Waals surface area contributed by atoms with E-state index in [1.807, 2.05) is 25.1 Å². The van der Waals surface area contributed by atoms with E-state index in [1.54, 1.807) is 14.2 Å². The summed E-state index contributed by atoms with van der Waals surface area (Å²) in [6.45, 7) is 4.14. The number of hydrogen-bond donors (Lipinski definition) is 0. The third kappa shape index (κ3) is 3.05. The van der Waals surface area contributed by atoms with Gasteiger partial charge in [0, 0.05) is 10.9 Å². The van der Waals surface area contributed by atoms with Crippen molar-refractivity contribution in [3.63, 3.8) is 0 Å². The highest BCUT2D eigenvalue weighted by Gasteiger charge is 2.18. The zero-order valence-electron chi connectivity index (χ0n) is 10.3. The number of hydrogen-bond acceptors (Lipinski definition) is 2. The Morgan fingerprint density at radius 2 is 1.62 bits per heavy atom. The van der Waals surface area contributed by atoms with E-state index in [9.17, 15) is 0 Å². The van der Waals surface area contributed by atoms with Crippen LogP contribution in [-0.4, -0.2) is 19.6 Å². The maximum atomic E-state index is 6.03. The van der Waals surface area contributed by atoms with Gasteiger partial charge in [0.15, 0.2) is 0 Å². The number of rotatable bonds is 5. The maximum absolute atomic E-state index is 6.03. The smallest absolute Gasteiger partial charge is 0.126 e. The maximum Gasteiger partial charge on any atom is 0.126 e. The average molecular weight is 243 g/mol. The van der Waals surface area contributed by atoms with Crippen LogP contribution in [0.4, 0.5) is 0 Å². The normalized spacial score (nSPS) is 14.3. The molecule has 2 atom stereocenters. The monoisotopic (exact) mass is 242 g/mol. The fourth-order valence-corrected chi connectivity index (χ4v) is 2.24. The summed E-state index contributed by atoms with van der Waals surface area (Å²) in [6, 6.07) is 5.83. The zero-order chi connectivity index (χ0) is 12.1. The van der Waals surface area contributed by atoms with Gasteiger partial charge in [-0.05, 0) is 31.4 Å². The summed E-state index contributed by atoms with van der Waals surface area (Å²) in [5, 5.41) is 0.143. The van der Waals surface area contributed by atoms with Crippen molar-refractivity contribution in [3.8, 4) is 11.5 Å². The summed E-state index contributed by atoms with van der Waals surface area (Å²) >= 11 is 6.03. The highest BCUT2D eigenvalue weighted by atomic mass is 35.5. The van der Waals surface area contributed by atoms with E-state index in [0.717, 1.165) is 23.5 Å². The van der Waals surface area contributed by atoms with Crippen molar-refractivity contribution in [2.75, 3.05) is 14.2 Å². The molecule has 0 aliphatic heterocycles. The van der Waals surface area contributed by atoms with Gasteiger partial charge in [0.1, 0.15) is 11.5 Å². The van der Waals surface area contributed by atoms with Crippen molar-refractivity contribution >= 4 is 11.6 Å². The second-order valence-electron chi connectivity index (χ2n) is 3.99. The van der Waals surface area contributed by atoms with E-state index in [1.165, 1.54) is 0 Å². The van der Waals surface area contributed by atoms with Gasteiger partial charge in [-0.3, -0.25) is 0 Å². The number of alkyl halides is 1. The molecule has 3 heteroatoms. The van der Waals surface area contributed by atoms with Gasteiger partial charge in [0.05, 0.1) is 14.2 Å². The second-order valence-corrected chi connectivity index (χ2v) is 4.74. The molecule has 2 unspecified atom stereocenters. The van der Waals surface area contributed by atoms with Crippen LogP contribution in [0.1, 0.15) is 31.7 Å². The van der Waals surface area contributed by atoms with Gasteiger partial charge in [-0.25, -0.2) is 0 Å². The predicted molar refractivity (Wildman–Crippen MR) is 67.9 cm³/mol. The molecule has 0 heterocycles. The first-order chi connectivity index (χ1) is 7.60. The molecule has 2 nitrogen and oxygen atoms in total. The Morgan fingerprint density at radius 3 is 2.00 bits per heavy atom. The molecule has 0 amide bonds. The van der Waals surface area contributed by atoms with Crippen molar-refractivity contribution in [2.45, 2.75) is 31.6 Å². The molecule has 0 fully saturated rings. The van der Waals surface area contributed by atoms with E-state index >= 15 is 0 Å². The van der Waals surface area contributed by atoms with Crippen molar-refractivity contribution < 1.29 is 9.47 Å². The van der Waals surface area contributed by atoms with Gasteiger partial charge in [0.2, 0.25) is 0 Å². The minimum atomic E-state index is 0.143. The molecule has 0 bridgehead atoms. The lowest BCUT2D eigenvalue weighted by molar-refractivity contribution is 0.378. The summed E-state index contributed by atoms with van der Waals surface area (Å²) in [5.41, 5.74) is 1.10. The van der Waals surface area contributed by atoms with Gasteiger partial charge in [0.25, 0.3) is 0 Å². The SMILES string of the molecule is COc1cccc(OC)c1C(C)CC(C)Cl. The standard InChI is InChI=1S/C13H19ClO2/c1-9(8-10(2)14)13-11(15-3)6-5-7-12(13)16-4/h5-7,9-10H,8H2,1-4H3. The lowest BCUT2D eigenvalue weighted by Crippen LogP contribution is -2.05. The Hall–Kier alpha value is -0.890. The molecule has 16 heavy (non-hydrogen) atoms. The number of ether oxygens (including phenoxy) is 2. The summed E-state index contributed by atoms with van der Waals surface area (Å²) in [5.74, 6) is 2.05. The molecule has 1 aromatic carbocycles. The van der Waals surface area contributed by atoms with Crippen LogP contribution in [0.25, 0.3) is 0 Å². The van der Waals surface area contributed by atoms with Gasteiger partial charge >= 0.3 is 0 Å². The Morgan fingerprint density at radius 1 is 1.12 bits per heavy atom. The van der Waals surface area contributed by atoms with E-state index in [-0.39, 0.29) is 5.38 Å². The Balaban J connectivity index is 3.07. The van der Waals surface area contributed by atoms with Crippen LogP contribution in [0.5, 0.6) is 11.5 Å². The van der Waals surface area contributed by atoms with Crippen LogP contribution in [-0.2, 0) is 0 Å². The van der Waals surface area contributed by atoms with Crippen LogP contribution in [0.2, 0.25) is 0 Å². The molecule has 1 rings (SSSR count). The average Bonchev–Trinajstić information content (AvgIpc) is 2.26. The van der Waals surface area contributed by atoms with Gasteiger partial charge < -0.3 is 9.47 Å². The molecule has 0 aliphatic rings. The largest absolute Gasteiger partial charge is 0.496 e. The summed E-state index contributed by atoms with van der Waals surface area (Å²) in [4.78, 5) is 0. The number of benzene rings is 1. The van der Waals surface area contributed by atoms with E-state index < -0.39 is 0 Å². The third-order valence-corrected chi connectivity index (χ3v) is 2.82. The molecule has 0 radical (unpaired) electrons. The van der Waals surface area contributed by atoms with E-state index in [4.69, 9.17) is 21.1 Å². The molecule has 0 aliphatic carbocycles. The fourth-order valence-electron chi connectivity index (χ4n) is 1.97. The van der Waals surface area contributed by atoms with Crippen molar-refractivity contribution in [2.24, 2.45) is 0 Å². The fraction of sp³-hybridized carbons (Fsp3) is 0.538. The highest BCUT2D eigenvalue weighted by molar-refractivity contribution is 6.20. The summed E-state index contributed by atoms with van der Waals surface area (Å²) in [6.07, 6.45) is 0.901. The highest BCUT2D eigenvalue weighted by Crippen LogP contribution is 2.37. The van der Waals surface area contributed by atoms with Crippen LogP contribution in [0.15, 0.2) is 18.2 Å². The first-order valence-electron chi connectivity index (χ1n) is 5.45. The third-order valence-electron chi connectivity index (χ3n) is 2.64. The Kier molecular flexibility index (Phi) is 4.94. The van der Waals surface area contributed by atoms with Crippen LogP contribution in [0.3, 0.4) is 0 Å². The quantitative estimate of drug-likeness (QED) is 0.731. The molecular formula is C13H19ClO2. The minimum Gasteiger partial charge on any atom is -0.496 e. The summed E-state index contributed by atoms with van der Waals surface area (Å²) in [7, 11) is 3.35. The van der Waals surface area contributed by atoms with Crippen LogP contribution >= 0.6 is 11.6 Å². The minimum absolute atomic E-state index is 0.143. The van der Waals surface area contributed by atoms with E-state index in [2.05, 4.69) is 6.92 Å². The van der Waals surface area contributed by atoms with E-state index in [0.29, 0.717) is 5.92 Å². The van der Waals surface area contributed by atoms with Crippen molar-refractivity contribution in [3.05, 3.63) is 23.8 Å². The summed E-state index contributed by atoms with van der Waals surface area (Å²) < 4.78 is 10.7. The first kappa shape index (κ1) is 13.2. The van der Waals surface area contributed by atoms with Crippen molar-refractivity contribution in [1.29, 1.82) is 0 Å². The van der Waals surface area contributed by atoms with Gasteiger partial charge in [-0.1, -0.05) is 13.0 Å². The molecule has 0 spiro atoms. The number of methoxy groups -OCH3 is 2. The molecule has 90 valence electrons. The molecule has 0 aromatic heterocycles. The first-order valence-corrected chi connectivity index (χ1v) is 5.88. The molecular weight excluding hydrogens is 224 g/mol. The number of halogens is 1. The Labute approximate surface area is 103 Å². The van der Waals surface area contributed by atoms with Crippen LogP contribution < -0.4 is 9.47 Å². The Bertz CT molecular complexity index is 314. The molecule has 0 saturated carbocycles. The molecule has 0 saturated heterocycles. The lowest BCUT2D eigenvalue weighted by Gasteiger charge is -2.19. The molecule has 0 N–H and O–H groups in total. The second kappa shape index (κ2) is 6.00. The van der Waals surface area contributed by atoms with Gasteiger partial charge in [-0.15, -0.1) is 11.6 Å². The lowest BCUT2D eigenvalue weighted by atomic mass is 9.94. The predicted octanol–water partition coefficient (Wildman–Crippen LogP) is 3.82. The van der Waals surface area contributed by atoms with Gasteiger partial charge in [-0.2, -0.15) is 0 Å². The van der Waals surface area contributed by atoms with Crippen LogP contribution in [0, 0.1) is 0 Å². The topological polar surface area (TPSA) is 18.5 Å². The molecule has 1 aromatic rings.